The molecule has 90 valence electrons. The summed E-state index contributed by atoms with van der Waals surface area (Å²) in [4.78, 5) is 22.6. The summed E-state index contributed by atoms with van der Waals surface area (Å²) < 4.78 is 14.9. The molecule has 1 saturated heterocycles. The third-order valence-corrected chi connectivity index (χ3v) is 2.68. The van der Waals surface area contributed by atoms with Crippen molar-refractivity contribution in [3.63, 3.8) is 0 Å². The Morgan fingerprint density at radius 2 is 2.00 bits per heavy atom. The highest BCUT2D eigenvalue weighted by Crippen LogP contribution is 2.39. The fourth-order valence-corrected chi connectivity index (χ4v) is 1.90. The first-order chi connectivity index (χ1) is 8.17. The summed E-state index contributed by atoms with van der Waals surface area (Å²) in [5, 5.41) is 0. The SMILES string of the molecule is COc1cccc(C2CC(=O)OC2=O)c1OC. The number of rotatable bonds is 3. The first kappa shape index (κ1) is 11.4. The highest BCUT2D eigenvalue weighted by atomic mass is 16.6. The van der Waals surface area contributed by atoms with Crippen LogP contribution in [0.5, 0.6) is 11.5 Å². The molecule has 1 heterocycles. The lowest BCUT2D eigenvalue weighted by Crippen LogP contribution is -2.08. The van der Waals surface area contributed by atoms with Gasteiger partial charge in [0, 0.05) is 5.56 Å². The number of hydrogen-bond acceptors (Lipinski definition) is 5. The molecule has 0 spiro atoms. The smallest absolute Gasteiger partial charge is 0.321 e. The van der Waals surface area contributed by atoms with Gasteiger partial charge in [-0.1, -0.05) is 12.1 Å². The van der Waals surface area contributed by atoms with E-state index in [0.717, 1.165) is 0 Å². The molecule has 0 amide bonds. The molecule has 5 heteroatoms. The van der Waals surface area contributed by atoms with Crippen molar-refractivity contribution in [3.8, 4) is 11.5 Å². The number of hydrogen-bond donors (Lipinski definition) is 0. The molecule has 0 aromatic heterocycles. The molecular formula is C12H12O5. The summed E-state index contributed by atoms with van der Waals surface area (Å²) in [6.45, 7) is 0. The molecule has 1 unspecified atom stereocenters. The monoisotopic (exact) mass is 236 g/mol. The van der Waals surface area contributed by atoms with Gasteiger partial charge in [0.15, 0.2) is 11.5 Å². The molecule has 0 radical (unpaired) electrons. The predicted octanol–water partition coefficient (Wildman–Crippen LogP) is 1.26. The number of methoxy groups -OCH3 is 2. The molecule has 1 aromatic carbocycles. The maximum atomic E-state index is 11.5. The zero-order chi connectivity index (χ0) is 12.4. The van der Waals surface area contributed by atoms with Crippen molar-refractivity contribution in [2.45, 2.75) is 12.3 Å². The van der Waals surface area contributed by atoms with E-state index in [4.69, 9.17) is 9.47 Å². The van der Waals surface area contributed by atoms with Gasteiger partial charge in [-0.25, -0.2) is 0 Å². The normalized spacial score (nSPS) is 19.1. The number of esters is 2. The summed E-state index contributed by atoms with van der Waals surface area (Å²) in [6, 6.07) is 5.20. The van der Waals surface area contributed by atoms with E-state index < -0.39 is 17.9 Å². The molecule has 1 aromatic rings. The average molecular weight is 236 g/mol. The molecule has 1 fully saturated rings. The number of carbonyl (C=O) groups excluding carboxylic acids is 2. The molecule has 1 aliphatic rings. The Bertz CT molecular complexity index is 466. The molecule has 17 heavy (non-hydrogen) atoms. The van der Waals surface area contributed by atoms with Crippen molar-refractivity contribution in [2.24, 2.45) is 0 Å². The van der Waals surface area contributed by atoms with E-state index in [9.17, 15) is 9.59 Å². The topological polar surface area (TPSA) is 61.8 Å². The maximum absolute atomic E-state index is 11.5. The molecule has 5 nitrogen and oxygen atoms in total. The van der Waals surface area contributed by atoms with Gasteiger partial charge in [0.1, 0.15) is 0 Å². The van der Waals surface area contributed by atoms with Gasteiger partial charge >= 0.3 is 11.9 Å². The van der Waals surface area contributed by atoms with E-state index in [0.29, 0.717) is 17.1 Å². The van der Waals surface area contributed by atoms with Crippen LogP contribution in [0.3, 0.4) is 0 Å². The lowest BCUT2D eigenvalue weighted by atomic mass is 9.96. The van der Waals surface area contributed by atoms with E-state index in [1.807, 2.05) is 0 Å². The quantitative estimate of drug-likeness (QED) is 0.584. The molecule has 0 aliphatic carbocycles. The molecule has 1 aliphatic heterocycles. The largest absolute Gasteiger partial charge is 0.493 e. The van der Waals surface area contributed by atoms with Crippen molar-refractivity contribution in [3.05, 3.63) is 23.8 Å². The van der Waals surface area contributed by atoms with Crippen LogP contribution in [-0.2, 0) is 14.3 Å². The van der Waals surface area contributed by atoms with Gasteiger partial charge in [-0.2, -0.15) is 0 Å². The van der Waals surface area contributed by atoms with Crippen molar-refractivity contribution < 1.29 is 23.8 Å². The van der Waals surface area contributed by atoms with Crippen LogP contribution in [0.4, 0.5) is 0 Å². The third-order valence-electron chi connectivity index (χ3n) is 2.68. The standard InChI is InChI=1S/C12H12O5/c1-15-9-5-3-4-7(11(9)16-2)8-6-10(13)17-12(8)14/h3-5,8H,6H2,1-2H3. The fourth-order valence-electron chi connectivity index (χ4n) is 1.90. The second kappa shape index (κ2) is 4.45. The second-order valence-electron chi connectivity index (χ2n) is 3.63. The van der Waals surface area contributed by atoms with E-state index >= 15 is 0 Å². The van der Waals surface area contributed by atoms with Gasteiger partial charge < -0.3 is 14.2 Å². The maximum Gasteiger partial charge on any atom is 0.321 e. The van der Waals surface area contributed by atoms with Crippen LogP contribution in [0.25, 0.3) is 0 Å². The van der Waals surface area contributed by atoms with Crippen LogP contribution in [0.2, 0.25) is 0 Å². The molecule has 0 N–H and O–H groups in total. The number of carbonyl (C=O) groups is 2. The average Bonchev–Trinajstić information content (AvgIpc) is 2.67. The lowest BCUT2D eigenvalue weighted by molar-refractivity contribution is -0.152. The Labute approximate surface area is 98.3 Å². The fraction of sp³-hybridized carbons (Fsp3) is 0.333. The Balaban J connectivity index is 2.44. The number of para-hydroxylation sites is 1. The minimum absolute atomic E-state index is 0.0440. The van der Waals surface area contributed by atoms with E-state index in [1.165, 1.54) is 14.2 Å². The van der Waals surface area contributed by atoms with E-state index in [2.05, 4.69) is 4.74 Å². The van der Waals surface area contributed by atoms with E-state index in [-0.39, 0.29) is 6.42 Å². The minimum Gasteiger partial charge on any atom is -0.493 e. The van der Waals surface area contributed by atoms with Crippen LogP contribution < -0.4 is 9.47 Å². The third kappa shape index (κ3) is 1.95. The highest BCUT2D eigenvalue weighted by Gasteiger charge is 2.37. The summed E-state index contributed by atoms with van der Waals surface area (Å²) in [5.41, 5.74) is 0.614. The van der Waals surface area contributed by atoms with Crippen LogP contribution >= 0.6 is 0 Å². The Morgan fingerprint density at radius 3 is 2.53 bits per heavy atom. The van der Waals surface area contributed by atoms with Gasteiger partial charge in [0.2, 0.25) is 0 Å². The predicted molar refractivity (Wildman–Crippen MR) is 58.0 cm³/mol. The first-order valence-electron chi connectivity index (χ1n) is 5.12. The minimum atomic E-state index is -0.604. The molecule has 1 atom stereocenters. The van der Waals surface area contributed by atoms with Gasteiger partial charge in [-0.3, -0.25) is 9.59 Å². The van der Waals surface area contributed by atoms with Crippen molar-refractivity contribution in [1.29, 1.82) is 0 Å². The van der Waals surface area contributed by atoms with Gasteiger partial charge in [0.05, 0.1) is 26.6 Å². The van der Waals surface area contributed by atoms with E-state index in [1.54, 1.807) is 18.2 Å². The van der Waals surface area contributed by atoms with Gasteiger partial charge in [-0.15, -0.1) is 0 Å². The Hall–Kier alpha value is -2.04. The first-order valence-corrected chi connectivity index (χ1v) is 5.12. The molecule has 2 rings (SSSR count). The van der Waals surface area contributed by atoms with Crippen molar-refractivity contribution in [2.75, 3.05) is 14.2 Å². The zero-order valence-corrected chi connectivity index (χ0v) is 9.56. The van der Waals surface area contributed by atoms with Crippen LogP contribution in [0.1, 0.15) is 17.9 Å². The molecule has 0 bridgehead atoms. The highest BCUT2D eigenvalue weighted by molar-refractivity contribution is 5.98. The summed E-state index contributed by atoms with van der Waals surface area (Å²) in [6.07, 6.45) is 0.0440. The number of benzene rings is 1. The lowest BCUT2D eigenvalue weighted by Gasteiger charge is -2.14. The zero-order valence-electron chi connectivity index (χ0n) is 9.56. The van der Waals surface area contributed by atoms with Gasteiger partial charge in [0.25, 0.3) is 0 Å². The molecule has 0 saturated carbocycles. The number of ether oxygens (including phenoxy) is 3. The van der Waals surface area contributed by atoms with Crippen LogP contribution in [0, 0.1) is 0 Å². The van der Waals surface area contributed by atoms with Crippen LogP contribution in [-0.4, -0.2) is 26.2 Å². The molecular weight excluding hydrogens is 224 g/mol. The van der Waals surface area contributed by atoms with Crippen LogP contribution in [0.15, 0.2) is 18.2 Å². The summed E-state index contributed by atoms with van der Waals surface area (Å²) in [7, 11) is 3.00. The van der Waals surface area contributed by atoms with Gasteiger partial charge in [-0.05, 0) is 6.07 Å². The number of cyclic esters (lactones) is 2. The Kier molecular flexibility index (Phi) is 2.99. The van der Waals surface area contributed by atoms with Crippen molar-refractivity contribution in [1.82, 2.24) is 0 Å². The summed E-state index contributed by atoms with van der Waals surface area (Å²) in [5.74, 6) is -0.664. The Morgan fingerprint density at radius 1 is 1.24 bits per heavy atom. The summed E-state index contributed by atoms with van der Waals surface area (Å²) >= 11 is 0. The van der Waals surface area contributed by atoms with Crippen molar-refractivity contribution >= 4 is 11.9 Å². The second-order valence-corrected chi connectivity index (χ2v) is 3.63.